The maximum absolute atomic E-state index is 10.9. The molecular weight excluding hydrogens is 210 g/mol. The third-order valence-electron chi connectivity index (χ3n) is 2.14. The highest BCUT2D eigenvalue weighted by atomic mass is 16.4. The Labute approximate surface area is 90.3 Å². The van der Waals surface area contributed by atoms with Gasteiger partial charge in [-0.25, -0.2) is 4.79 Å². The number of phenolic OH excluding ortho intramolecular Hbond substituents is 1. The number of nitrogens with one attached hydrogen (secondary N) is 1. The van der Waals surface area contributed by atoms with Crippen LogP contribution in [0.4, 0.5) is 5.82 Å². The van der Waals surface area contributed by atoms with Crippen molar-refractivity contribution in [3.05, 3.63) is 30.0 Å². The molecule has 5 N–H and O–H groups in total. The Morgan fingerprint density at radius 2 is 2.19 bits per heavy atom. The third-order valence-corrected chi connectivity index (χ3v) is 2.14. The van der Waals surface area contributed by atoms with Crippen LogP contribution in [0.25, 0.3) is 11.1 Å². The van der Waals surface area contributed by atoms with Crippen molar-refractivity contribution in [3.8, 4) is 16.9 Å². The largest absolute Gasteiger partial charge is 0.508 e. The summed E-state index contributed by atoms with van der Waals surface area (Å²) >= 11 is 0. The lowest BCUT2D eigenvalue weighted by atomic mass is 10.1. The fourth-order valence-electron chi connectivity index (χ4n) is 1.46. The van der Waals surface area contributed by atoms with Crippen molar-refractivity contribution in [2.24, 2.45) is 0 Å². The molecule has 0 saturated carbocycles. The topological polar surface area (TPSA) is 112 Å². The minimum atomic E-state index is -1.15. The fourth-order valence-corrected chi connectivity index (χ4v) is 1.46. The van der Waals surface area contributed by atoms with Crippen LogP contribution in [0.3, 0.4) is 0 Å². The molecule has 0 saturated heterocycles. The Morgan fingerprint density at radius 1 is 1.44 bits per heavy atom. The average molecular weight is 219 g/mol. The first kappa shape index (κ1) is 10.0. The second-order valence-electron chi connectivity index (χ2n) is 3.21. The van der Waals surface area contributed by atoms with Gasteiger partial charge in [0.25, 0.3) is 0 Å². The zero-order valence-corrected chi connectivity index (χ0v) is 8.14. The van der Waals surface area contributed by atoms with Crippen LogP contribution in [0.5, 0.6) is 5.75 Å². The Balaban J connectivity index is 2.63. The number of aromatic amines is 1. The molecular formula is C10H9N3O3. The minimum absolute atomic E-state index is 0.0365. The number of nitrogen functional groups attached to an aromatic ring is 1. The van der Waals surface area contributed by atoms with E-state index < -0.39 is 5.97 Å². The van der Waals surface area contributed by atoms with Crippen LogP contribution in [0.1, 0.15) is 10.5 Å². The number of aromatic nitrogens is 2. The number of aromatic hydroxyl groups is 1. The monoisotopic (exact) mass is 219 g/mol. The van der Waals surface area contributed by atoms with Crippen molar-refractivity contribution in [2.45, 2.75) is 0 Å². The normalized spacial score (nSPS) is 10.2. The molecule has 1 heterocycles. The van der Waals surface area contributed by atoms with Gasteiger partial charge in [0.2, 0.25) is 0 Å². The van der Waals surface area contributed by atoms with Gasteiger partial charge in [0.15, 0.2) is 11.5 Å². The highest BCUT2D eigenvalue weighted by Crippen LogP contribution is 2.29. The number of carboxylic acid groups (broad SMARTS) is 1. The summed E-state index contributed by atoms with van der Waals surface area (Å²) in [4.78, 5) is 10.9. The molecule has 6 heteroatoms. The van der Waals surface area contributed by atoms with E-state index in [0.717, 1.165) is 0 Å². The summed E-state index contributed by atoms with van der Waals surface area (Å²) in [5.74, 6) is -1.03. The molecule has 1 aromatic heterocycles. The first-order valence-corrected chi connectivity index (χ1v) is 4.46. The summed E-state index contributed by atoms with van der Waals surface area (Å²) in [6, 6.07) is 6.16. The highest BCUT2D eigenvalue weighted by molar-refractivity contribution is 5.97. The van der Waals surface area contributed by atoms with Crippen LogP contribution < -0.4 is 5.73 Å². The van der Waals surface area contributed by atoms with E-state index in [9.17, 15) is 9.90 Å². The van der Waals surface area contributed by atoms with Gasteiger partial charge in [-0.2, -0.15) is 5.10 Å². The molecule has 0 amide bonds. The Hall–Kier alpha value is -2.50. The standard InChI is InChI=1S/C10H9N3O3/c11-9-7(8(10(15)16)12-13-9)5-2-1-3-6(14)4-5/h1-4,14H,(H,15,16)(H3,11,12,13). The number of carboxylic acids is 1. The van der Waals surface area contributed by atoms with Gasteiger partial charge in [0.05, 0.1) is 5.56 Å². The van der Waals surface area contributed by atoms with Gasteiger partial charge >= 0.3 is 5.97 Å². The Kier molecular flexibility index (Phi) is 2.24. The summed E-state index contributed by atoms with van der Waals surface area (Å²) in [5.41, 5.74) is 6.26. The molecule has 82 valence electrons. The van der Waals surface area contributed by atoms with Crippen LogP contribution in [0.15, 0.2) is 24.3 Å². The summed E-state index contributed by atoms with van der Waals surface area (Å²) in [5, 5.41) is 24.2. The van der Waals surface area contributed by atoms with Gasteiger partial charge in [0.1, 0.15) is 5.75 Å². The second kappa shape index (κ2) is 3.58. The first-order chi connectivity index (χ1) is 7.59. The van der Waals surface area contributed by atoms with Gasteiger partial charge in [-0.1, -0.05) is 12.1 Å². The van der Waals surface area contributed by atoms with Crippen LogP contribution in [-0.4, -0.2) is 26.4 Å². The number of aromatic carboxylic acids is 1. The molecule has 0 atom stereocenters. The second-order valence-corrected chi connectivity index (χ2v) is 3.21. The maximum Gasteiger partial charge on any atom is 0.354 e. The molecule has 16 heavy (non-hydrogen) atoms. The summed E-state index contributed by atoms with van der Waals surface area (Å²) in [6.07, 6.45) is 0. The van der Waals surface area contributed by atoms with Gasteiger partial charge < -0.3 is 15.9 Å². The third kappa shape index (κ3) is 1.56. The van der Waals surface area contributed by atoms with E-state index >= 15 is 0 Å². The molecule has 0 bridgehead atoms. The number of anilines is 1. The van der Waals surface area contributed by atoms with Crippen molar-refractivity contribution in [3.63, 3.8) is 0 Å². The molecule has 0 fully saturated rings. The van der Waals surface area contributed by atoms with Crippen molar-refractivity contribution in [2.75, 3.05) is 5.73 Å². The van der Waals surface area contributed by atoms with Gasteiger partial charge in [-0.05, 0) is 17.7 Å². The lowest BCUT2D eigenvalue weighted by molar-refractivity contribution is 0.0691. The zero-order valence-electron chi connectivity index (χ0n) is 8.14. The highest BCUT2D eigenvalue weighted by Gasteiger charge is 2.18. The van der Waals surface area contributed by atoms with E-state index in [0.29, 0.717) is 5.56 Å². The summed E-state index contributed by atoms with van der Waals surface area (Å²) < 4.78 is 0. The molecule has 6 nitrogen and oxygen atoms in total. The molecule has 0 unspecified atom stereocenters. The number of H-pyrrole nitrogens is 1. The van der Waals surface area contributed by atoms with Crippen LogP contribution in [0.2, 0.25) is 0 Å². The van der Waals surface area contributed by atoms with E-state index in [4.69, 9.17) is 10.8 Å². The summed E-state index contributed by atoms with van der Waals surface area (Å²) in [6.45, 7) is 0. The molecule has 2 aromatic rings. The lowest BCUT2D eigenvalue weighted by Gasteiger charge is -2.01. The first-order valence-electron chi connectivity index (χ1n) is 4.46. The quantitative estimate of drug-likeness (QED) is 0.603. The molecule has 0 aliphatic carbocycles. The van der Waals surface area contributed by atoms with E-state index in [1.54, 1.807) is 12.1 Å². The minimum Gasteiger partial charge on any atom is -0.508 e. The lowest BCUT2D eigenvalue weighted by Crippen LogP contribution is -1.99. The summed E-state index contributed by atoms with van der Waals surface area (Å²) in [7, 11) is 0. The SMILES string of the molecule is Nc1n[nH]c(C(=O)O)c1-c1cccc(O)c1. The molecule has 0 spiro atoms. The molecule has 0 radical (unpaired) electrons. The van der Waals surface area contributed by atoms with E-state index in [1.807, 2.05) is 0 Å². The van der Waals surface area contributed by atoms with Crippen LogP contribution in [-0.2, 0) is 0 Å². The smallest absolute Gasteiger partial charge is 0.354 e. The van der Waals surface area contributed by atoms with Crippen molar-refractivity contribution in [1.29, 1.82) is 0 Å². The van der Waals surface area contributed by atoms with Crippen molar-refractivity contribution < 1.29 is 15.0 Å². The number of benzene rings is 1. The van der Waals surface area contributed by atoms with E-state index in [-0.39, 0.29) is 22.8 Å². The number of hydrogen-bond acceptors (Lipinski definition) is 4. The molecule has 2 rings (SSSR count). The van der Waals surface area contributed by atoms with Crippen LogP contribution in [0, 0.1) is 0 Å². The van der Waals surface area contributed by atoms with Gasteiger partial charge in [0, 0.05) is 0 Å². The van der Waals surface area contributed by atoms with E-state index in [2.05, 4.69) is 10.2 Å². The fraction of sp³-hybridized carbons (Fsp3) is 0. The number of nitrogens with two attached hydrogens (primary N) is 1. The van der Waals surface area contributed by atoms with Crippen LogP contribution >= 0.6 is 0 Å². The van der Waals surface area contributed by atoms with Crippen molar-refractivity contribution in [1.82, 2.24) is 10.2 Å². The Bertz CT molecular complexity index is 548. The number of nitrogens with zero attached hydrogens (tertiary/aromatic N) is 1. The predicted octanol–water partition coefficient (Wildman–Crippen LogP) is 1.06. The molecule has 0 aliphatic rings. The average Bonchev–Trinajstić information content (AvgIpc) is 2.60. The Morgan fingerprint density at radius 3 is 2.81 bits per heavy atom. The maximum atomic E-state index is 10.9. The van der Waals surface area contributed by atoms with Gasteiger partial charge in [-0.15, -0.1) is 0 Å². The number of hydrogen-bond donors (Lipinski definition) is 4. The predicted molar refractivity (Wildman–Crippen MR) is 57.1 cm³/mol. The number of rotatable bonds is 2. The molecule has 1 aromatic carbocycles. The van der Waals surface area contributed by atoms with Crippen molar-refractivity contribution >= 4 is 11.8 Å². The zero-order chi connectivity index (χ0) is 11.7. The van der Waals surface area contributed by atoms with Gasteiger partial charge in [-0.3, -0.25) is 5.10 Å². The van der Waals surface area contributed by atoms with E-state index in [1.165, 1.54) is 12.1 Å². The number of phenols is 1. The molecule has 0 aliphatic heterocycles. The number of carbonyl (C=O) groups is 1.